The van der Waals surface area contributed by atoms with Crippen LogP contribution in [0.4, 0.5) is 5.82 Å². The lowest BCUT2D eigenvalue weighted by Gasteiger charge is -2.07. The quantitative estimate of drug-likeness (QED) is 0.892. The van der Waals surface area contributed by atoms with Crippen molar-refractivity contribution < 1.29 is 0 Å². The van der Waals surface area contributed by atoms with E-state index in [0.717, 1.165) is 34.9 Å². The van der Waals surface area contributed by atoms with Gasteiger partial charge >= 0.3 is 0 Å². The molecule has 1 aromatic carbocycles. The molecule has 0 radical (unpaired) electrons. The van der Waals surface area contributed by atoms with Crippen LogP contribution in [0, 0.1) is 0 Å². The number of hydrogen-bond donors (Lipinski definition) is 1. The summed E-state index contributed by atoms with van der Waals surface area (Å²) >= 11 is 5.94. The molecule has 18 heavy (non-hydrogen) atoms. The van der Waals surface area contributed by atoms with Gasteiger partial charge in [-0.05, 0) is 24.1 Å². The van der Waals surface area contributed by atoms with Gasteiger partial charge in [0.1, 0.15) is 12.1 Å². The maximum absolute atomic E-state index is 5.94. The molecule has 2 rings (SSSR count). The van der Waals surface area contributed by atoms with Crippen molar-refractivity contribution >= 4 is 17.4 Å². The maximum Gasteiger partial charge on any atom is 0.129 e. The number of aromatic nitrogens is 2. The molecule has 0 atom stereocenters. The first-order valence-corrected chi connectivity index (χ1v) is 6.45. The lowest BCUT2D eigenvalue weighted by Crippen LogP contribution is -2.02. The second kappa shape index (κ2) is 6.36. The zero-order valence-electron chi connectivity index (χ0n) is 10.4. The Labute approximate surface area is 112 Å². The van der Waals surface area contributed by atoms with Gasteiger partial charge in [0, 0.05) is 23.3 Å². The summed E-state index contributed by atoms with van der Waals surface area (Å²) in [5, 5.41) is 4.03. The average Bonchev–Trinajstić information content (AvgIpc) is 2.37. The average molecular weight is 262 g/mol. The zero-order valence-corrected chi connectivity index (χ0v) is 11.1. The molecule has 0 bridgehead atoms. The highest BCUT2D eigenvalue weighted by Gasteiger charge is 1.99. The first-order chi connectivity index (χ1) is 8.78. The molecular formula is C14H16ClN3. The zero-order chi connectivity index (χ0) is 12.8. The number of rotatable bonds is 5. The molecule has 0 saturated carbocycles. The summed E-state index contributed by atoms with van der Waals surface area (Å²) in [6.45, 7) is 2.85. The Hall–Kier alpha value is -1.61. The predicted molar refractivity (Wildman–Crippen MR) is 74.8 cm³/mol. The van der Waals surface area contributed by atoms with Crippen LogP contribution >= 0.6 is 11.6 Å². The Balaban J connectivity index is 1.99. The Bertz CT molecular complexity index is 514. The summed E-state index contributed by atoms with van der Waals surface area (Å²) in [6, 6.07) is 9.79. The van der Waals surface area contributed by atoms with Crippen molar-refractivity contribution in [3.8, 4) is 0 Å². The highest BCUT2D eigenvalue weighted by atomic mass is 35.5. The summed E-state index contributed by atoms with van der Waals surface area (Å²) in [5.74, 6) is 0.855. The van der Waals surface area contributed by atoms with Crippen LogP contribution in [0.1, 0.15) is 24.6 Å². The van der Waals surface area contributed by atoms with Crippen LogP contribution in [0.2, 0.25) is 5.02 Å². The van der Waals surface area contributed by atoms with Crippen LogP contribution in [-0.2, 0) is 13.0 Å². The van der Waals surface area contributed by atoms with E-state index in [1.165, 1.54) is 0 Å². The predicted octanol–water partition coefficient (Wildman–Crippen LogP) is 3.69. The Kier molecular flexibility index (Phi) is 4.53. The third-order valence-electron chi connectivity index (χ3n) is 2.59. The Morgan fingerprint density at radius 3 is 2.89 bits per heavy atom. The smallest absolute Gasteiger partial charge is 0.129 e. The van der Waals surface area contributed by atoms with Gasteiger partial charge < -0.3 is 5.32 Å². The highest BCUT2D eigenvalue weighted by Crippen LogP contribution is 2.12. The molecule has 0 aliphatic carbocycles. The number of benzene rings is 1. The molecule has 3 nitrogen and oxygen atoms in total. The minimum atomic E-state index is 0.711. The summed E-state index contributed by atoms with van der Waals surface area (Å²) in [7, 11) is 0. The van der Waals surface area contributed by atoms with Crippen molar-refractivity contribution in [2.75, 3.05) is 5.32 Å². The van der Waals surface area contributed by atoms with Gasteiger partial charge in [-0.25, -0.2) is 9.97 Å². The van der Waals surface area contributed by atoms with E-state index in [2.05, 4.69) is 22.2 Å². The van der Waals surface area contributed by atoms with Gasteiger partial charge in [0.15, 0.2) is 0 Å². The molecule has 0 amide bonds. The van der Waals surface area contributed by atoms with Crippen LogP contribution in [0.25, 0.3) is 0 Å². The molecule has 4 heteroatoms. The van der Waals surface area contributed by atoms with Crippen molar-refractivity contribution in [1.29, 1.82) is 0 Å². The first-order valence-electron chi connectivity index (χ1n) is 6.07. The first kappa shape index (κ1) is 12.8. The lowest BCUT2D eigenvalue weighted by molar-refractivity contribution is 0.871. The van der Waals surface area contributed by atoms with Crippen molar-refractivity contribution in [2.45, 2.75) is 26.3 Å². The maximum atomic E-state index is 5.94. The largest absolute Gasteiger partial charge is 0.366 e. The Morgan fingerprint density at radius 1 is 1.22 bits per heavy atom. The van der Waals surface area contributed by atoms with Gasteiger partial charge in [0.2, 0.25) is 0 Å². The topological polar surface area (TPSA) is 37.8 Å². The molecule has 0 aliphatic rings. The van der Waals surface area contributed by atoms with Crippen molar-refractivity contribution in [1.82, 2.24) is 9.97 Å². The van der Waals surface area contributed by atoms with E-state index in [9.17, 15) is 0 Å². The van der Waals surface area contributed by atoms with E-state index in [4.69, 9.17) is 11.6 Å². The van der Waals surface area contributed by atoms with Crippen molar-refractivity contribution in [2.24, 2.45) is 0 Å². The second-order valence-electron chi connectivity index (χ2n) is 4.13. The fraction of sp³-hybridized carbons (Fsp3) is 0.286. The fourth-order valence-corrected chi connectivity index (χ4v) is 1.94. The van der Waals surface area contributed by atoms with Crippen LogP contribution in [-0.4, -0.2) is 9.97 Å². The van der Waals surface area contributed by atoms with Gasteiger partial charge in [0.05, 0.1) is 0 Å². The number of nitrogens with one attached hydrogen (secondary N) is 1. The van der Waals surface area contributed by atoms with Crippen LogP contribution < -0.4 is 5.32 Å². The minimum Gasteiger partial charge on any atom is -0.366 e. The molecular weight excluding hydrogens is 246 g/mol. The lowest BCUT2D eigenvalue weighted by atomic mass is 10.2. The van der Waals surface area contributed by atoms with Crippen molar-refractivity contribution in [3.63, 3.8) is 0 Å². The van der Waals surface area contributed by atoms with E-state index < -0.39 is 0 Å². The molecule has 1 N–H and O–H groups in total. The van der Waals surface area contributed by atoms with E-state index in [1.54, 1.807) is 6.33 Å². The van der Waals surface area contributed by atoms with E-state index in [1.807, 2.05) is 30.3 Å². The summed E-state index contributed by atoms with van der Waals surface area (Å²) < 4.78 is 0. The SMILES string of the molecule is CCCc1cc(NCc2cccc(Cl)c2)ncn1. The van der Waals surface area contributed by atoms with E-state index >= 15 is 0 Å². The third kappa shape index (κ3) is 3.70. The molecule has 0 fully saturated rings. The van der Waals surface area contributed by atoms with Gasteiger partial charge in [-0.3, -0.25) is 0 Å². The highest BCUT2D eigenvalue weighted by molar-refractivity contribution is 6.30. The monoisotopic (exact) mass is 261 g/mol. The standard InChI is InChI=1S/C14H16ClN3/c1-2-4-13-8-14(18-10-17-13)16-9-11-5-3-6-12(15)7-11/h3,5-8,10H,2,4,9H2,1H3,(H,16,17,18). The van der Waals surface area contributed by atoms with E-state index in [0.29, 0.717) is 6.54 Å². The van der Waals surface area contributed by atoms with Crippen LogP contribution in [0.5, 0.6) is 0 Å². The summed E-state index contributed by atoms with van der Waals surface area (Å²) in [4.78, 5) is 8.43. The van der Waals surface area contributed by atoms with Crippen molar-refractivity contribution in [3.05, 3.63) is 52.9 Å². The number of halogens is 1. The fourth-order valence-electron chi connectivity index (χ4n) is 1.73. The molecule has 0 aliphatic heterocycles. The van der Waals surface area contributed by atoms with E-state index in [-0.39, 0.29) is 0 Å². The van der Waals surface area contributed by atoms with Gasteiger partial charge in [-0.2, -0.15) is 0 Å². The molecule has 1 heterocycles. The summed E-state index contributed by atoms with van der Waals surface area (Å²) in [6.07, 6.45) is 3.67. The number of hydrogen-bond acceptors (Lipinski definition) is 3. The van der Waals surface area contributed by atoms with Gasteiger partial charge in [-0.1, -0.05) is 37.1 Å². The second-order valence-corrected chi connectivity index (χ2v) is 4.56. The number of anilines is 1. The third-order valence-corrected chi connectivity index (χ3v) is 2.83. The minimum absolute atomic E-state index is 0.711. The molecule has 1 aromatic heterocycles. The molecule has 0 saturated heterocycles. The molecule has 2 aromatic rings. The summed E-state index contributed by atoms with van der Waals surface area (Å²) in [5.41, 5.74) is 2.21. The Morgan fingerprint density at radius 2 is 2.11 bits per heavy atom. The number of nitrogens with zero attached hydrogens (tertiary/aromatic N) is 2. The van der Waals surface area contributed by atoms with Crippen LogP contribution in [0.15, 0.2) is 36.7 Å². The number of aryl methyl sites for hydroxylation is 1. The van der Waals surface area contributed by atoms with Gasteiger partial charge in [0.25, 0.3) is 0 Å². The van der Waals surface area contributed by atoms with Crippen LogP contribution in [0.3, 0.4) is 0 Å². The molecule has 0 unspecified atom stereocenters. The normalized spacial score (nSPS) is 10.3. The molecule has 0 spiro atoms. The molecule has 94 valence electrons. The van der Waals surface area contributed by atoms with Gasteiger partial charge in [-0.15, -0.1) is 0 Å².